The van der Waals surface area contributed by atoms with Crippen molar-refractivity contribution in [2.45, 2.75) is 12.7 Å². The standard InChI is InChI=1S/C14H11F3N2O3/c1-22-12(20)11-6-7-19(13(21)18-11)8-9-2-4-10(5-3-9)14(15,16)17/h2-7H,8H2,1H3. The molecule has 116 valence electrons. The van der Waals surface area contributed by atoms with Crippen LogP contribution in [0.1, 0.15) is 21.6 Å². The summed E-state index contributed by atoms with van der Waals surface area (Å²) in [6.07, 6.45) is -3.07. The van der Waals surface area contributed by atoms with Gasteiger partial charge in [0, 0.05) is 6.20 Å². The highest BCUT2D eigenvalue weighted by Gasteiger charge is 2.29. The Labute approximate surface area is 123 Å². The van der Waals surface area contributed by atoms with Crippen LogP contribution in [0.4, 0.5) is 13.2 Å². The van der Waals surface area contributed by atoms with Crippen LogP contribution in [0.15, 0.2) is 41.3 Å². The van der Waals surface area contributed by atoms with Gasteiger partial charge in [0.2, 0.25) is 0 Å². The van der Waals surface area contributed by atoms with Gasteiger partial charge < -0.3 is 4.74 Å². The molecule has 0 radical (unpaired) electrons. The van der Waals surface area contributed by atoms with Gasteiger partial charge in [0.15, 0.2) is 5.69 Å². The van der Waals surface area contributed by atoms with Crippen molar-refractivity contribution in [1.82, 2.24) is 9.55 Å². The largest absolute Gasteiger partial charge is 0.464 e. The summed E-state index contributed by atoms with van der Waals surface area (Å²) < 4.78 is 43.0. The third-order valence-electron chi connectivity index (χ3n) is 2.90. The normalized spacial score (nSPS) is 11.3. The van der Waals surface area contributed by atoms with Crippen LogP contribution in [-0.4, -0.2) is 22.6 Å². The molecule has 0 fully saturated rings. The number of benzene rings is 1. The second kappa shape index (κ2) is 6.00. The van der Waals surface area contributed by atoms with Gasteiger partial charge in [-0.2, -0.15) is 18.2 Å². The van der Waals surface area contributed by atoms with Crippen molar-refractivity contribution >= 4 is 5.97 Å². The smallest absolute Gasteiger partial charge is 0.416 e. The molecule has 0 saturated heterocycles. The molecule has 1 aromatic heterocycles. The molecule has 0 aliphatic rings. The summed E-state index contributed by atoms with van der Waals surface area (Å²) in [5.74, 6) is -0.737. The SMILES string of the molecule is COC(=O)c1ccn(Cc2ccc(C(F)(F)F)cc2)c(=O)n1. The number of nitrogens with zero attached hydrogens (tertiary/aromatic N) is 2. The third kappa shape index (κ3) is 3.51. The Morgan fingerprint density at radius 2 is 1.86 bits per heavy atom. The van der Waals surface area contributed by atoms with Crippen molar-refractivity contribution in [1.29, 1.82) is 0 Å². The third-order valence-corrected chi connectivity index (χ3v) is 2.90. The Balaban J connectivity index is 2.21. The molecule has 0 amide bonds. The zero-order valence-electron chi connectivity index (χ0n) is 11.4. The van der Waals surface area contributed by atoms with Crippen LogP contribution in [0.5, 0.6) is 0 Å². The lowest BCUT2D eigenvalue weighted by atomic mass is 10.1. The first kappa shape index (κ1) is 15.7. The molecule has 0 unspecified atom stereocenters. The summed E-state index contributed by atoms with van der Waals surface area (Å²) in [6.45, 7) is 0.0470. The minimum Gasteiger partial charge on any atom is -0.464 e. The van der Waals surface area contributed by atoms with E-state index in [-0.39, 0.29) is 12.2 Å². The van der Waals surface area contributed by atoms with Gasteiger partial charge in [-0.25, -0.2) is 9.59 Å². The zero-order chi connectivity index (χ0) is 16.3. The number of alkyl halides is 3. The zero-order valence-corrected chi connectivity index (χ0v) is 11.4. The van der Waals surface area contributed by atoms with Gasteiger partial charge in [-0.15, -0.1) is 0 Å². The number of ether oxygens (including phenoxy) is 1. The Morgan fingerprint density at radius 3 is 2.36 bits per heavy atom. The number of rotatable bonds is 3. The number of halogens is 3. The summed E-state index contributed by atoms with van der Waals surface area (Å²) in [7, 11) is 1.16. The number of esters is 1. The van der Waals surface area contributed by atoms with Gasteiger partial charge in [0.05, 0.1) is 19.2 Å². The number of hydrogen-bond donors (Lipinski definition) is 0. The molecule has 1 heterocycles. The quantitative estimate of drug-likeness (QED) is 0.814. The lowest BCUT2D eigenvalue weighted by Gasteiger charge is -2.09. The highest BCUT2D eigenvalue weighted by molar-refractivity contribution is 5.86. The number of aromatic nitrogens is 2. The second-order valence-electron chi connectivity index (χ2n) is 4.41. The number of carbonyl (C=O) groups excluding carboxylic acids is 1. The highest BCUT2D eigenvalue weighted by atomic mass is 19.4. The molecule has 8 heteroatoms. The van der Waals surface area contributed by atoms with Gasteiger partial charge in [-0.05, 0) is 23.8 Å². The van der Waals surface area contributed by atoms with Crippen molar-refractivity contribution in [3.8, 4) is 0 Å². The predicted octanol–water partition coefficient (Wildman–Crippen LogP) is 2.10. The molecule has 0 spiro atoms. The second-order valence-corrected chi connectivity index (χ2v) is 4.41. The molecule has 0 atom stereocenters. The van der Waals surface area contributed by atoms with Gasteiger partial charge in [0.25, 0.3) is 0 Å². The topological polar surface area (TPSA) is 61.2 Å². The molecule has 0 N–H and O–H groups in total. The average Bonchev–Trinajstić information content (AvgIpc) is 2.48. The predicted molar refractivity (Wildman–Crippen MR) is 70.4 cm³/mol. The Bertz CT molecular complexity index is 736. The maximum Gasteiger partial charge on any atom is 0.416 e. The fourth-order valence-corrected chi connectivity index (χ4v) is 1.76. The van der Waals surface area contributed by atoms with E-state index in [0.29, 0.717) is 5.56 Å². The van der Waals surface area contributed by atoms with E-state index < -0.39 is 23.4 Å². The summed E-state index contributed by atoms with van der Waals surface area (Å²) in [5, 5.41) is 0. The van der Waals surface area contributed by atoms with Crippen LogP contribution in [0.2, 0.25) is 0 Å². The van der Waals surface area contributed by atoms with Crippen LogP contribution >= 0.6 is 0 Å². The van der Waals surface area contributed by atoms with E-state index in [2.05, 4.69) is 9.72 Å². The van der Waals surface area contributed by atoms with Crippen LogP contribution in [0, 0.1) is 0 Å². The Kier molecular flexibility index (Phi) is 4.30. The number of carbonyl (C=O) groups is 1. The van der Waals surface area contributed by atoms with Crippen LogP contribution < -0.4 is 5.69 Å². The first-order chi connectivity index (χ1) is 10.3. The van der Waals surface area contributed by atoms with Crippen LogP contribution in [0.3, 0.4) is 0 Å². The monoisotopic (exact) mass is 312 g/mol. The van der Waals surface area contributed by atoms with Crippen molar-refractivity contribution in [2.24, 2.45) is 0 Å². The van der Waals surface area contributed by atoms with Gasteiger partial charge >= 0.3 is 17.8 Å². The first-order valence-corrected chi connectivity index (χ1v) is 6.13. The molecule has 0 bridgehead atoms. The van der Waals surface area contributed by atoms with Crippen molar-refractivity contribution in [3.05, 3.63) is 63.8 Å². The van der Waals surface area contributed by atoms with Crippen LogP contribution in [-0.2, 0) is 17.5 Å². The molecule has 22 heavy (non-hydrogen) atoms. The molecule has 2 rings (SSSR count). The highest BCUT2D eigenvalue weighted by Crippen LogP contribution is 2.29. The van der Waals surface area contributed by atoms with Crippen LogP contribution in [0.25, 0.3) is 0 Å². The minimum absolute atomic E-state index is 0.0470. The minimum atomic E-state index is -4.40. The summed E-state index contributed by atoms with van der Waals surface area (Å²) in [6, 6.07) is 5.75. The molecule has 5 nitrogen and oxygen atoms in total. The molecule has 0 saturated carbocycles. The molecule has 0 aliphatic heterocycles. The number of methoxy groups -OCH3 is 1. The fourth-order valence-electron chi connectivity index (χ4n) is 1.76. The lowest BCUT2D eigenvalue weighted by molar-refractivity contribution is -0.137. The Hall–Kier alpha value is -2.64. The van der Waals surface area contributed by atoms with E-state index in [9.17, 15) is 22.8 Å². The van der Waals surface area contributed by atoms with Crippen molar-refractivity contribution in [3.63, 3.8) is 0 Å². The van der Waals surface area contributed by atoms with E-state index in [4.69, 9.17) is 0 Å². The molecular formula is C14H11F3N2O3. The van der Waals surface area contributed by atoms with Gasteiger partial charge in [0.1, 0.15) is 0 Å². The molecule has 1 aromatic carbocycles. The summed E-state index contributed by atoms with van der Waals surface area (Å²) >= 11 is 0. The van der Waals surface area contributed by atoms with E-state index >= 15 is 0 Å². The van der Waals surface area contributed by atoms with Gasteiger partial charge in [-0.3, -0.25) is 4.57 Å². The number of hydrogen-bond acceptors (Lipinski definition) is 4. The maximum atomic E-state index is 12.5. The maximum absolute atomic E-state index is 12.5. The lowest BCUT2D eigenvalue weighted by Crippen LogP contribution is -2.25. The average molecular weight is 312 g/mol. The van der Waals surface area contributed by atoms with E-state index in [1.165, 1.54) is 29.0 Å². The first-order valence-electron chi connectivity index (χ1n) is 6.13. The van der Waals surface area contributed by atoms with E-state index in [0.717, 1.165) is 19.2 Å². The van der Waals surface area contributed by atoms with Gasteiger partial charge in [-0.1, -0.05) is 12.1 Å². The van der Waals surface area contributed by atoms with Crippen molar-refractivity contribution < 1.29 is 22.7 Å². The van der Waals surface area contributed by atoms with Crippen molar-refractivity contribution in [2.75, 3.05) is 7.11 Å². The van der Waals surface area contributed by atoms with E-state index in [1.807, 2.05) is 0 Å². The fraction of sp³-hybridized carbons (Fsp3) is 0.214. The van der Waals surface area contributed by atoms with E-state index in [1.54, 1.807) is 0 Å². The summed E-state index contributed by atoms with van der Waals surface area (Å²) in [5.41, 5.74) is -1.08. The Morgan fingerprint density at radius 1 is 1.23 bits per heavy atom. The molecule has 2 aromatic rings. The summed E-state index contributed by atoms with van der Waals surface area (Å²) in [4.78, 5) is 26.5. The molecule has 0 aliphatic carbocycles. The molecular weight excluding hydrogens is 301 g/mol.